The van der Waals surface area contributed by atoms with Gasteiger partial charge in [0.2, 0.25) is 5.91 Å². The van der Waals surface area contributed by atoms with Gasteiger partial charge in [-0.2, -0.15) is 0 Å². The number of nitrogens with one attached hydrogen (secondary N) is 2. The molecule has 0 radical (unpaired) electrons. The molecule has 1 rings (SSSR count). The van der Waals surface area contributed by atoms with Gasteiger partial charge in [-0.25, -0.2) is 0 Å². The summed E-state index contributed by atoms with van der Waals surface area (Å²) in [6, 6.07) is 0. The first-order valence-corrected chi connectivity index (χ1v) is 6.88. The van der Waals surface area contributed by atoms with Crippen molar-refractivity contribution in [2.45, 2.75) is 58.9 Å². The zero-order valence-corrected chi connectivity index (χ0v) is 11.8. The average Bonchev–Trinajstić information content (AvgIpc) is 2.14. The molecule has 1 saturated carbocycles. The van der Waals surface area contributed by atoms with Crippen molar-refractivity contribution in [2.75, 3.05) is 13.1 Å². The van der Waals surface area contributed by atoms with Crippen molar-refractivity contribution >= 4 is 5.91 Å². The van der Waals surface area contributed by atoms with Gasteiger partial charge in [0.25, 0.3) is 0 Å². The smallest absolute Gasteiger partial charge is 0.234 e. The Morgan fingerprint density at radius 3 is 2.59 bits per heavy atom. The van der Waals surface area contributed by atoms with Crippen LogP contribution in [-0.2, 0) is 4.79 Å². The highest BCUT2D eigenvalue weighted by molar-refractivity contribution is 5.78. The van der Waals surface area contributed by atoms with E-state index in [0.29, 0.717) is 6.54 Å². The lowest BCUT2D eigenvalue weighted by Crippen LogP contribution is -2.45. The zero-order chi connectivity index (χ0) is 12.9. The lowest BCUT2D eigenvalue weighted by molar-refractivity contribution is -0.121. The van der Waals surface area contributed by atoms with Crippen LogP contribution in [-0.4, -0.2) is 24.5 Å². The summed E-state index contributed by atoms with van der Waals surface area (Å²) < 4.78 is 0. The summed E-state index contributed by atoms with van der Waals surface area (Å²) in [6.45, 7) is 9.79. The summed E-state index contributed by atoms with van der Waals surface area (Å²) in [4.78, 5) is 11.6. The summed E-state index contributed by atoms with van der Waals surface area (Å²) in [5.74, 6) is 1.72. The number of rotatable bonds is 4. The molecular formula is C14H28N2O. The van der Waals surface area contributed by atoms with Crippen molar-refractivity contribution < 1.29 is 4.79 Å². The van der Waals surface area contributed by atoms with Gasteiger partial charge in [-0.15, -0.1) is 0 Å². The van der Waals surface area contributed by atoms with Crippen LogP contribution in [0.1, 0.15) is 53.4 Å². The van der Waals surface area contributed by atoms with Gasteiger partial charge in [-0.05, 0) is 52.0 Å². The van der Waals surface area contributed by atoms with Crippen LogP contribution in [0.4, 0.5) is 0 Å². The molecule has 2 unspecified atom stereocenters. The number of carbonyl (C=O) groups excluding carboxylic acids is 1. The second kappa shape index (κ2) is 6.39. The fourth-order valence-corrected chi connectivity index (χ4v) is 2.60. The van der Waals surface area contributed by atoms with Gasteiger partial charge in [0.05, 0.1) is 6.54 Å². The molecule has 0 aliphatic heterocycles. The van der Waals surface area contributed by atoms with E-state index in [-0.39, 0.29) is 11.4 Å². The molecule has 0 aromatic rings. The van der Waals surface area contributed by atoms with Crippen molar-refractivity contribution in [1.29, 1.82) is 0 Å². The Balaban J connectivity index is 2.13. The van der Waals surface area contributed by atoms with Crippen LogP contribution in [0.3, 0.4) is 0 Å². The monoisotopic (exact) mass is 240 g/mol. The molecule has 0 spiro atoms. The topological polar surface area (TPSA) is 41.1 Å². The average molecular weight is 240 g/mol. The van der Waals surface area contributed by atoms with Crippen LogP contribution in [0.2, 0.25) is 0 Å². The second-order valence-electron chi connectivity index (χ2n) is 6.57. The van der Waals surface area contributed by atoms with Crippen LogP contribution in [0, 0.1) is 11.8 Å². The van der Waals surface area contributed by atoms with E-state index < -0.39 is 0 Å². The number of hydrogen-bond donors (Lipinski definition) is 2. The third-order valence-corrected chi connectivity index (χ3v) is 3.28. The zero-order valence-electron chi connectivity index (χ0n) is 11.8. The summed E-state index contributed by atoms with van der Waals surface area (Å²) in [5, 5.41) is 6.25. The standard InChI is InChI=1S/C14H28N2O/c1-11-6-5-7-12(8-11)9-15-10-13(17)16-14(2,3)4/h11-12,15H,5-10H2,1-4H3,(H,16,17). The summed E-state index contributed by atoms with van der Waals surface area (Å²) in [6.07, 6.45) is 5.36. The van der Waals surface area contributed by atoms with E-state index in [2.05, 4.69) is 17.6 Å². The van der Waals surface area contributed by atoms with Crippen LogP contribution in [0.25, 0.3) is 0 Å². The Bertz CT molecular complexity index is 245. The van der Waals surface area contributed by atoms with E-state index in [9.17, 15) is 4.79 Å². The van der Waals surface area contributed by atoms with Gasteiger partial charge >= 0.3 is 0 Å². The van der Waals surface area contributed by atoms with Crippen molar-refractivity contribution in [3.05, 3.63) is 0 Å². The second-order valence-corrected chi connectivity index (χ2v) is 6.57. The molecular weight excluding hydrogens is 212 g/mol. The molecule has 1 aliphatic rings. The minimum absolute atomic E-state index is 0.0985. The third kappa shape index (κ3) is 6.67. The molecule has 1 fully saturated rings. The van der Waals surface area contributed by atoms with Crippen LogP contribution in [0.15, 0.2) is 0 Å². The minimum Gasteiger partial charge on any atom is -0.350 e. The Morgan fingerprint density at radius 1 is 1.29 bits per heavy atom. The van der Waals surface area contributed by atoms with E-state index >= 15 is 0 Å². The van der Waals surface area contributed by atoms with Gasteiger partial charge in [0.1, 0.15) is 0 Å². The minimum atomic E-state index is -0.127. The van der Waals surface area contributed by atoms with Gasteiger partial charge in [0, 0.05) is 5.54 Å². The van der Waals surface area contributed by atoms with E-state index in [1.165, 1.54) is 25.7 Å². The Morgan fingerprint density at radius 2 is 2.00 bits per heavy atom. The normalized spacial score (nSPS) is 25.6. The molecule has 1 amide bonds. The Hall–Kier alpha value is -0.570. The van der Waals surface area contributed by atoms with Gasteiger partial charge < -0.3 is 10.6 Å². The van der Waals surface area contributed by atoms with Crippen LogP contribution >= 0.6 is 0 Å². The Kier molecular flexibility index (Phi) is 5.44. The highest BCUT2D eigenvalue weighted by atomic mass is 16.2. The molecule has 0 aromatic heterocycles. The number of amides is 1. The molecule has 0 bridgehead atoms. The molecule has 100 valence electrons. The molecule has 17 heavy (non-hydrogen) atoms. The summed E-state index contributed by atoms with van der Waals surface area (Å²) in [5.41, 5.74) is -0.127. The van der Waals surface area contributed by atoms with E-state index in [1.807, 2.05) is 20.8 Å². The SMILES string of the molecule is CC1CCCC(CNCC(=O)NC(C)(C)C)C1. The van der Waals surface area contributed by atoms with E-state index in [4.69, 9.17) is 0 Å². The fraction of sp³-hybridized carbons (Fsp3) is 0.929. The first kappa shape index (κ1) is 14.5. The molecule has 2 N–H and O–H groups in total. The first-order valence-electron chi connectivity index (χ1n) is 6.88. The third-order valence-electron chi connectivity index (χ3n) is 3.28. The molecule has 0 saturated heterocycles. The van der Waals surface area contributed by atoms with Crippen molar-refractivity contribution in [3.8, 4) is 0 Å². The molecule has 0 heterocycles. The van der Waals surface area contributed by atoms with E-state index in [1.54, 1.807) is 0 Å². The van der Waals surface area contributed by atoms with Gasteiger partial charge in [-0.1, -0.05) is 19.8 Å². The van der Waals surface area contributed by atoms with Gasteiger partial charge in [0.15, 0.2) is 0 Å². The molecule has 1 aliphatic carbocycles. The van der Waals surface area contributed by atoms with Crippen molar-refractivity contribution in [2.24, 2.45) is 11.8 Å². The molecule has 3 heteroatoms. The van der Waals surface area contributed by atoms with Crippen molar-refractivity contribution in [1.82, 2.24) is 10.6 Å². The van der Waals surface area contributed by atoms with Crippen LogP contribution in [0.5, 0.6) is 0 Å². The lowest BCUT2D eigenvalue weighted by Gasteiger charge is -2.27. The van der Waals surface area contributed by atoms with Crippen LogP contribution < -0.4 is 10.6 Å². The Labute approximate surface area is 106 Å². The predicted octanol–water partition coefficient (Wildman–Crippen LogP) is 2.32. The maximum atomic E-state index is 11.6. The first-order chi connectivity index (χ1) is 7.87. The largest absolute Gasteiger partial charge is 0.350 e. The summed E-state index contributed by atoms with van der Waals surface area (Å²) >= 11 is 0. The maximum Gasteiger partial charge on any atom is 0.234 e. The molecule has 2 atom stereocenters. The molecule has 0 aromatic carbocycles. The fourth-order valence-electron chi connectivity index (χ4n) is 2.60. The lowest BCUT2D eigenvalue weighted by atomic mass is 9.82. The quantitative estimate of drug-likeness (QED) is 0.792. The van der Waals surface area contributed by atoms with Gasteiger partial charge in [-0.3, -0.25) is 4.79 Å². The van der Waals surface area contributed by atoms with E-state index in [0.717, 1.165) is 18.4 Å². The number of hydrogen-bond acceptors (Lipinski definition) is 2. The van der Waals surface area contributed by atoms with Crippen molar-refractivity contribution in [3.63, 3.8) is 0 Å². The molecule has 3 nitrogen and oxygen atoms in total. The highest BCUT2D eigenvalue weighted by Gasteiger charge is 2.19. The maximum absolute atomic E-state index is 11.6. The highest BCUT2D eigenvalue weighted by Crippen LogP contribution is 2.27. The predicted molar refractivity (Wildman–Crippen MR) is 71.9 cm³/mol. The number of carbonyl (C=O) groups is 1. The summed E-state index contributed by atoms with van der Waals surface area (Å²) in [7, 11) is 0.